The first-order valence-corrected chi connectivity index (χ1v) is 19.0. The van der Waals surface area contributed by atoms with Gasteiger partial charge in [-0.05, 0) is 56.5 Å². The lowest BCUT2D eigenvalue weighted by Gasteiger charge is -2.36. The Bertz CT molecular complexity index is 1660. The van der Waals surface area contributed by atoms with E-state index in [0.717, 1.165) is 40.6 Å². The molecule has 0 aliphatic carbocycles. The number of urea groups is 1. The SMILES string of the molecule is CCCCN1C(=O)[C@@H]2Cc3c([nH]c4ccccc34)[C@@H](c3cccc(OCCOCCOCCOCCOCCOCCNC(=O)OC(C)(C)C)c3)N2C1=O. The molecule has 5 rings (SSSR count). The van der Waals surface area contributed by atoms with Crippen LogP contribution < -0.4 is 10.1 Å². The average molecular weight is 753 g/mol. The summed E-state index contributed by atoms with van der Waals surface area (Å²) in [7, 11) is 0. The van der Waals surface area contributed by atoms with Crippen LogP contribution in [0.4, 0.5) is 9.59 Å². The van der Waals surface area contributed by atoms with Gasteiger partial charge in [-0.25, -0.2) is 9.59 Å². The lowest BCUT2D eigenvalue weighted by molar-refractivity contribution is -0.128. The highest BCUT2D eigenvalue weighted by atomic mass is 16.6. The van der Waals surface area contributed by atoms with Gasteiger partial charge in [-0.15, -0.1) is 0 Å². The minimum atomic E-state index is -0.544. The van der Waals surface area contributed by atoms with Gasteiger partial charge in [-0.1, -0.05) is 43.7 Å². The Balaban J connectivity index is 0.955. The van der Waals surface area contributed by atoms with E-state index in [0.29, 0.717) is 97.9 Å². The van der Waals surface area contributed by atoms with Crippen molar-refractivity contribution in [2.75, 3.05) is 85.8 Å². The number of carbonyl (C=O) groups is 3. The lowest BCUT2D eigenvalue weighted by Crippen LogP contribution is -2.44. The lowest BCUT2D eigenvalue weighted by atomic mass is 9.89. The molecule has 2 aliphatic heterocycles. The third kappa shape index (κ3) is 11.4. The number of amides is 4. The number of carbonyl (C=O) groups excluding carboxylic acids is 3. The molecule has 14 nitrogen and oxygen atoms in total. The van der Waals surface area contributed by atoms with Gasteiger partial charge in [0.05, 0.1) is 66.1 Å². The van der Waals surface area contributed by atoms with Crippen LogP contribution in [0.3, 0.4) is 0 Å². The normalized spacial score (nSPS) is 16.9. The number of unbranched alkanes of at least 4 members (excludes halogenated alkanes) is 1. The molecule has 2 N–H and O–H groups in total. The monoisotopic (exact) mass is 752 g/mol. The molecular weight excluding hydrogens is 696 g/mol. The van der Waals surface area contributed by atoms with Crippen LogP contribution in [0.25, 0.3) is 10.9 Å². The zero-order valence-electron chi connectivity index (χ0n) is 32.1. The number of ether oxygens (including phenoxy) is 7. The van der Waals surface area contributed by atoms with Crippen molar-refractivity contribution < 1.29 is 47.5 Å². The van der Waals surface area contributed by atoms with Crippen molar-refractivity contribution >= 4 is 28.9 Å². The van der Waals surface area contributed by atoms with Crippen molar-refractivity contribution in [3.8, 4) is 5.75 Å². The van der Waals surface area contributed by atoms with E-state index in [9.17, 15) is 14.4 Å². The molecule has 3 heterocycles. The molecule has 3 aromatic rings. The summed E-state index contributed by atoms with van der Waals surface area (Å²) in [6.07, 6.45) is 1.70. The number of fused-ring (bicyclic) bond motifs is 4. The molecule has 2 aliphatic rings. The van der Waals surface area contributed by atoms with Crippen molar-refractivity contribution in [2.45, 2.75) is 64.6 Å². The summed E-state index contributed by atoms with van der Waals surface area (Å²) in [6.45, 7) is 12.9. The molecule has 1 aromatic heterocycles. The second kappa shape index (κ2) is 20.5. The molecule has 0 bridgehead atoms. The van der Waals surface area contributed by atoms with E-state index in [4.69, 9.17) is 33.2 Å². The number of nitrogens with zero attached hydrogens (tertiary/aromatic N) is 2. The fraction of sp³-hybridized carbons (Fsp3) is 0.575. The maximum absolute atomic E-state index is 13.8. The maximum atomic E-state index is 13.8. The molecule has 14 heteroatoms. The van der Waals surface area contributed by atoms with Gasteiger partial charge in [0, 0.05) is 36.1 Å². The van der Waals surface area contributed by atoms with Gasteiger partial charge in [-0.2, -0.15) is 0 Å². The largest absolute Gasteiger partial charge is 0.491 e. The van der Waals surface area contributed by atoms with E-state index in [2.05, 4.69) is 23.3 Å². The van der Waals surface area contributed by atoms with E-state index in [-0.39, 0.29) is 11.9 Å². The molecule has 1 saturated heterocycles. The molecule has 2 atom stereocenters. The highest BCUT2D eigenvalue weighted by Crippen LogP contribution is 2.44. The van der Waals surface area contributed by atoms with Crippen molar-refractivity contribution in [3.63, 3.8) is 0 Å². The smallest absolute Gasteiger partial charge is 0.407 e. The molecule has 0 unspecified atom stereocenters. The summed E-state index contributed by atoms with van der Waals surface area (Å²) in [5.41, 5.74) is 3.37. The van der Waals surface area contributed by atoms with E-state index < -0.39 is 23.8 Å². The summed E-state index contributed by atoms with van der Waals surface area (Å²) >= 11 is 0. The number of rotatable bonds is 23. The van der Waals surface area contributed by atoms with Crippen molar-refractivity contribution in [1.29, 1.82) is 0 Å². The molecule has 2 aromatic carbocycles. The molecule has 0 saturated carbocycles. The number of aromatic amines is 1. The van der Waals surface area contributed by atoms with Gasteiger partial charge < -0.3 is 43.5 Å². The molecule has 0 radical (unpaired) electrons. The van der Waals surface area contributed by atoms with Gasteiger partial charge in [0.15, 0.2) is 0 Å². The topological polar surface area (TPSA) is 150 Å². The van der Waals surface area contributed by atoms with Gasteiger partial charge >= 0.3 is 12.1 Å². The van der Waals surface area contributed by atoms with Gasteiger partial charge in [0.2, 0.25) is 0 Å². The summed E-state index contributed by atoms with van der Waals surface area (Å²) in [6, 6.07) is 14.6. The van der Waals surface area contributed by atoms with E-state index >= 15 is 0 Å². The van der Waals surface area contributed by atoms with Gasteiger partial charge in [0.25, 0.3) is 5.91 Å². The molecule has 54 heavy (non-hydrogen) atoms. The number of alkyl carbamates (subject to hydrolysis) is 1. The predicted molar refractivity (Wildman–Crippen MR) is 202 cm³/mol. The van der Waals surface area contributed by atoms with E-state index in [1.807, 2.05) is 63.2 Å². The summed E-state index contributed by atoms with van der Waals surface area (Å²) < 4.78 is 38.9. The third-order valence-electron chi connectivity index (χ3n) is 8.94. The Morgan fingerprint density at radius 2 is 1.46 bits per heavy atom. The molecule has 4 amide bonds. The first-order valence-electron chi connectivity index (χ1n) is 19.0. The number of hydrogen-bond donors (Lipinski definition) is 2. The maximum Gasteiger partial charge on any atom is 0.407 e. The first kappa shape index (κ1) is 41.0. The van der Waals surface area contributed by atoms with Crippen molar-refractivity contribution in [2.24, 2.45) is 0 Å². The number of hydrogen-bond acceptors (Lipinski definition) is 10. The van der Waals surface area contributed by atoms with Crippen LogP contribution in [0.1, 0.15) is 63.4 Å². The standard InChI is InChI=1S/C40H56N4O10/c1-5-6-15-43-37(45)34-28-32-31-12-7-8-13-33(31)42-35(32)36(44(34)39(43)47)29-10-9-11-30(27-29)53-26-25-52-24-23-51-22-21-50-20-19-49-18-17-48-16-14-41-38(46)54-40(2,3)4/h7-13,27,34,36,42H,5-6,14-26,28H2,1-4H3,(H,41,46)/t34-,36+/m0/s1. The van der Waals surface area contributed by atoms with E-state index in [1.54, 1.807) is 4.90 Å². The zero-order valence-corrected chi connectivity index (χ0v) is 32.1. The van der Waals surface area contributed by atoms with Gasteiger partial charge in [-0.3, -0.25) is 14.6 Å². The fourth-order valence-corrected chi connectivity index (χ4v) is 6.51. The highest BCUT2D eigenvalue weighted by Gasteiger charge is 2.52. The second-order valence-electron chi connectivity index (χ2n) is 14.1. The number of nitrogens with one attached hydrogen (secondary N) is 2. The van der Waals surface area contributed by atoms with Crippen LogP contribution in [0.15, 0.2) is 48.5 Å². The van der Waals surface area contributed by atoms with Crippen LogP contribution in [0.2, 0.25) is 0 Å². The molecular formula is C40H56N4O10. The Hall–Kier alpha value is -4.21. The third-order valence-corrected chi connectivity index (χ3v) is 8.94. The van der Waals surface area contributed by atoms with E-state index in [1.165, 1.54) is 4.90 Å². The van der Waals surface area contributed by atoms with Crippen molar-refractivity contribution in [3.05, 3.63) is 65.4 Å². The Morgan fingerprint density at radius 1 is 0.833 bits per heavy atom. The highest BCUT2D eigenvalue weighted by molar-refractivity contribution is 6.05. The van der Waals surface area contributed by atoms with Crippen molar-refractivity contribution in [1.82, 2.24) is 20.1 Å². The number of aromatic nitrogens is 1. The minimum absolute atomic E-state index is 0.122. The zero-order chi connectivity index (χ0) is 38.3. The first-order chi connectivity index (χ1) is 26.2. The van der Waals surface area contributed by atoms with Gasteiger partial charge in [0.1, 0.15) is 30.0 Å². The molecule has 0 spiro atoms. The summed E-state index contributed by atoms with van der Waals surface area (Å²) in [5.74, 6) is 0.539. The number of benzene rings is 2. The predicted octanol–water partition coefficient (Wildman–Crippen LogP) is 5.23. The second-order valence-corrected chi connectivity index (χ2v) is 14.1. The Labute approximate surface area is 317 Å². The quantitative estimate of drug-likeness (QED) is 0.0974. The number of H-pyrrole nitrogens is 1. The average Bonchev–Trinajstić information content (AvgIpc) is 3.63. The summed E-state index contributed by atoms with van der Waals surface area (Å²) in [4.78, 5) is 45.7. The molecule has 296 valence electrons. The minimum Gasteiger partial charge on any atom is -0.491 e. The fourth-order valence-electron chi connectivity index (χ4n) is 6.51. The summed E-state index contributed by atoms with van der Waals surface area (Å²) in [5, 5.41) is 3.72. The number of imide groups is 1. The van der Waals surface area contributed by atoms with Crippen LogP contribution in [0.5, 0.6) is 5.75 Å². The van der Waals surface area contributed by atoms with Crippen LogP contribution >= 0.6 is 0 Å². The molecule has 1 fully saturated rings. The van der Waals surface area contributed by atoms with Crippen LogP contribution in [-0.2, 0) is 39.6 Å². The van der Waals surface area contributed by atoms with Crippen LogP contribution in [-0.4, -0.2) is 130 Å². The Morgan fingerprint density at radius 3 is 2.11 bits per heavy atom. The Kier molecular flexibility index (Phi) is 15.5. The number of para-hydroxylation sites is 1. The van der Waals surface area contributed by atoms with Crippen LogP contribution in [0, 0.1) is 0 Å².